The monoisotopic (exact) mass is 206 g/mol. The number of benzene rings is 1. The SMILES string of the molecule is CCCc1c(C)ccc(C(=O)CC)c1O. The van der Waals surface area contributed by atoms with E-state index in [1.807, 2.05) is 13.0 Å². The lowest BCUT2D eigenvalue weighted by Gasteiger charge is -2.10. The van der Waals surface area contributed by atoms with Crippen molar-refractivity contribution in [1.82, 2.24) is 0 Å². The van der Waals surface area contributed by atoms with Crippen LogP contribution in [0.3, 0.4) is 0 Å². The van der Waals surface area contributed by atoms with Crippen molar-refractivity contribution in [3.8, 4) is 5.75 Å². The molecule has 0 fully saturated rings. The van der Waals surface area contributed by atoms with Gasteiger partial charge in [-0.15, -0.1) is 0 Å². The summed E-state index contributed by atoms with van der Waals surface area (Å²) < 4.78 is 0. The van der Waals surface area contributed by atoms with Gasteiger partial charge < -0.3 is 5.11 Å². The topological polar surface area (TPSA) is 37.3 Å². The lowest BCUT2D eigenvalue weighted by Crippen LogP contribution is -2.01. The molecule has 0 saturated heterocycles. The standard InChI is InChI=1S/C13H18O2/c1-4-6-10-9(3)7-8-11(13(10)15)12(14)5-2/h7-8,15H,4-6H2,1-3H3. The molecule has 1 rings (SSSR count). The summed E-state index contributed by atoms with van der Waals surface area (Å²) in [5, 5.41) is 9.98. The van der Waals surface area contributed by atoms with Gasteiger partial charge in [0, 0.05) is 6.42 Å². The molecule has 1 aromatic carbocycles. The molecule has 0 unspecified atom stereocenters. The highest BCUT2D eigenvalue weighted by atomic mass is 16.3. The number of carbonyl (C=O) groups excluding carboxylic acids is 1. The van der Waals surface area contributed by atoms with Crippen molar-refractivity contribution in [1.29, 1.82) is 0 Å². The average Bonchev–Trinajstić information content (AvgIpc) is 2.23. The highest BCUT2D eigenvalue weighted by Crippen LogP contribution is 2.27. The Hall–Kier alpha value is -1.31. The van der Waals surface area contributed by atoms with Gasteiger partial charge in [0.2, 0.25) is 0 Å². The maximum absolute atomic E-state index is 11.5. The number of Topliss-reactive ketones (excluding diaryl/α,β-unsaturated/α-hetero) is 1. The van der Waals surface area contributed by atoms with Crippen LogP contribution >= 0.6 is 0 Å². The van der Waals surface area contributed by atoms with Crippen molar-refractivity contribution in [2.45, 2.75) is 40.0 Å². The van der Waals surface area contributed by atoms with Crippen molar-refractivity contribution < 1.29 is 9.90 Å². The molecule has 0 heterocycles. The molecular weight excluding hydrogens is 188 g/mol. The van der Waals surface area contributed by atoms with E-state index in [0.717, 1.165) is 24.0 Å². The Kier molecular flexibility index (Phi) is 3.89. The number of aryl methyl sites for hydroxylation is 1. The predicted octanol–water partition coefficient (Wildman–Crippen LogP) is 3.25. The number of phenolic OH excluding ortho intramolecular Hbond substituents is 1. The third-order valence-corrected chi connectivity index (χ3v) is 2.64. The van der Waals surface area contributed by atoms with Gasteiger partial charge in [-0.1, -0.05) is 26.3 Å². The fourth-order valence-electron chi connectivity index (χ4n) is 1.72. The fourth-order valence-corrected chi connectivity index (χ4v) is 1.72. The third kappa shape index (κ3) is 2.38. The van der Waals surface area contributed by atoms with Crippen molar-refractivity contribution in [2.24, 2.45) is 0 Å². The minimum absolute atomic E-state index is 0.00449. The summed E-state index contributed by atoms with van der Waals surface area (Å²) in [6.45, 7) is 5.83. The predicted molar refractivity (Wildman–Crippen MR) is 61.5 cm³/mol. The Balaban J connectivity index is 3.21. The molecule has 0 amide bonds. The molecule has 2 heteroatoms. The van der Waals surface area contributed by atoms with Crippen LogP contribution in [0, 0.1) is 6.92 Å². The summed E-state index contributed by atoms with van der Waals surface area (Å²) in [6, 6.07) is 3.63. The van der Waals surface area contributed by atoms with E-state index in [1.165, 1.54) is 0 Å². The maximum atomic E-state index is 11.5. The zero-order chi connectivity index (χ0) is 11.4. The van der Waals surface area contributed by atoms with Gasteiger partial charge >= 0.3 is 0 Å². The van der Waals surface area contributed by atoms with E-state index >= 15 is 0 Å². The molecule has 2 nitrogen and oxygen atoms in total. The third-order valence-electron chi connectivity index (χ3n) is 2.64. The van der Waals surface area contributed by atoms with Crippen LogP contribution in [0.15, 0.2) is 12.1 Å². The Labute approximate surface area is 90.9 Å². The van der Waals surface area contributed by atoms with E-state index < -0.39 is 0 Å². The van der Waals surface area contributed by atoms with Gasteiger partial charge in [-0.2, -0.15) is 0 Å². The van der Waals surface area contributed by atoms with Crippen molar-refractivity contribution in [3.63, 3.8) is 0 Å². The number of phenols is 1. The molecular formula is C13H18O2. The van der Waals surface area contributed by atoms with Crippen LogP contribution in [0.25, 0.3) is 0 Å². The first kappa shape index (κ1) is 11.8. The molecule has 0 radical (unpaired) electrons. The second-order valence-electron chi connectivity index (χ2n) is 3.78. The van der Waals surface area contributed by atoms with Crippen LogP contribution in [-0.4, -0.2) is 10.9 Å². The first-order valence-corrected chi connectivity index (χ1v) is 5.46. The molecule has 0 aliphatic rings. The molecule has 82 valence electrons. The summed E-state index contributed by atoms with van der Waals surface area (Å²) in [5.74, 6) is 0.188. The van der Waals surface area contributed by atoms with Crippen LogP contribution in [0.5, 0.6) is 5.75 Å². The lowest BCUT2D eigenvalue weighted by atomic mass is 9.97. The molecule has 0 aliphatic heterocycles. The minimum atomic E-state index is 0.00449. The number of hydrogen-bond acceptors (Lipinski definition) is 2. The van der Waals surface area contributed by atoms with Crippen LogP contribution < -0.4 is 0 Å². The zero-order valence-corrected chi connectivity index (χ0v) is 9.63. The van der Waals surface area contributed by atoms with E-state index in [1.54, 1.807) is 13.0 Å². The Morgan fingerprint density at radius 3 is 2.53 bits per heavy atom. The highest BCUT2D eigenvalue weighted by Gasteiger charge is 2.13. The van der Waals surface area contributed by atoms with E-state index in [2.05, 4.69) is 6.92 Å². The van der Waals surface area contributed by atoms with Crippen molar-refractivity contribution >= 4 is 5.78 Å². The minimum Gasteiger partial charge on any atom is -0.507 e. The molecule has 15 heavy (non-hydrogen) atoms. The van der Waals surface area contributed by atoms with E-state index in [4.69, 9.17) is 0 Å². The van der Waals surface area contributed by atoms with E-state index in [0.29, 0.717) is 12.0 Å². The largest absolute Gasteiger partial charge is 0.507 e. The summed E-state index contributed by atoms with van der Waals surface area (Å²) in [7, 11) is 0. The van der Waals surface area contributed by atoms with Crippen LogP contribution in [0.1, 0.15) is 48.2 Å². The average molecular weight is 206 g/mol. The Bertz CT molecular complexity index is 367. The quantitative estimate of drug-likeness (QED) is 0.768. The molecule has 0 atom stereocenters. The number of hydrogen-bond donors (Lipinski definition) is 1. The highest BCUT2D eigenvalue weighted by molar-refractivity contribution is 5.98. The van der Waals surface area contributed by atoms with Gasteiger partial charge in [-0.3, -0.25) is 4.79 Å². The summed E-state index contributed by atoms with van der Waals surface area (Å²) in [4.78, 5) is 11.5. The lowest BCUT2D eigenvalue weighted by molar-refractivity contribution is 0.0985. The Morgan fingerprint density at radius 1 is 1.33 bits per heavy atom. The summed E-state index contributed by atoms with van der Waals surface area (Å²) >= 11 is 0. The first-order chi connectivity index (χ1) is 7.11. The summed E-state index contributed by atoms with van der Waals surface area (Å²) in [6.07, 6.45) is 2.23. The molecule has 0 saturated carbocycles. The van der Waals surface area contributed by atoms with Gasteiger partial charge in [-0.05, 0) is 30.5 Å². The number of carbonyl (C=O) groups is 1. The summed E-state index contributed by atoms with van der Waals surface area (Å²) in [5.41, 5.74) is 2.44. The maximum Gasteiger partial charge on any atom is 0.166 e. The second kappa shape index (κ2) is 4.96. The van der Waals surface area contributed by atoms with E-state index in [9.17, 15) is 9.90 Å². The number of aromatic hydroxyl groups is 1. The van der Waals surface area contributed by atoms with Crippen LogP contribution in [0.4, 0.5) is 0 Å². The number of ketones is 1. The van der Waals surface area contributed by atoms with Gasteiger partial charge in [-0.25, -0.2) is 0 Å². The van der Waals surface area contributed by atoms with Crippen LogP contribution in [0.2, 0.25) is 0 Å². The second-order valence-corrected chi connectivity index (χ2v) is 3.78. The van der Waals surface area contributed by atoms with Crippen LogP contribution in [-0.2, 0) is 6.42 Å². The first-order valence-electron chi connectivity index (χ1n) is 5.46. The van der Waals surface area contributed by atoms with Gasteiger partial charge in [0.05, 0.1) is 5.56 Å². The normalized spacial score (nSPS) is 10.3. The molecule has 1 N–H and O–H groups in total. The molecule has 0 aromatic heterocycles. The number of rotatable bonds is 4. The van der Waals surface area contributed by atoms with Gasteiger partial charge in [0.25, 0.3) is 0 Å². The fraction of sp³-hybridized carbons (Fsp3) is 0.462. The molecule has 0 aliphatic carbocycles. The van der Waals surface area contributed by atoms with Crippen molar-refractivity contribution in [2.75, 3.05) is 0 Å². The molecule has 0 bridgehead atoms. The van der Waals surface area contributed by atoms with Crippen molar-refractivity contribution in [3.05, 3.63) is 28.8 Å². The molecule has 1 aromatic rings. The van der Waals surface area contributed by atoms with E-state index in [-0.39, 0.29) is 11.5 Å². The van der Waals surface area contributed by atoms with Gasteiger partial charge in [0.15, 0.2) is 5.78 Å². The smallest absolute Gasteiger partial charge is 0.166 e. The van der Waals surface area contributed by atoms with Gasteiger partial charge in [0.1, 0.15) is 5.75 Å². The zero-order valence-electron chi connectivity index (χ0n) is 9.63. The molecule has 0 spiro atoms. The Morgan fingerprint density at radius 2 is 2.00 bits per heavy atom.